The zero-order valence-electron chi connectivity index (χ0n) is 16.8. The topological polar surface area (TPSA) is 79.5 Å². The molecule has 0 spiro atoms. The lowest BCUT2D eigenvalue weighted by Crippen LogP contribution is -2.39. The Morgan fingerprint density at radius 1 is 0.935 bits per heavy atom. The first kappa shape index (κ1) is 20.8. The number of benzene rings is 2. The molecular formula is C23H20N2O5S. The van der Waals surface area contributed by atoms with Crippen molar-refractivity contribution in [2.45, 2.75) is 19.9 Å². The molecule has 2 aromatic heterocycles. The first-order valence-corrected chi connectivity index (χ1v) is 10.4. The van der Waals surface area contributed by atoms with E-state index in [2.05, 4.69) is 0 Å². The van der Waals surface area contributed by atoms with Crippen LogP contribution in [0.4, 0.5) is 0 Å². The average molecular weight is 436 g/mol. The zero-order chi connectivity index (χ0) is 21.8. The van der Waals surface area contributed by atoms with Crippen molar-refractivity contribution in [1.82, 2.24) is 9.13 Å². The van der Waals surface area contributed by atoms with Crippen molar-refractivity contribution in [2.75, 3.05) is 0 Å². The van der Waals surface area contributed by atoms with Gasteiger partial charge in [-0.2, -0.15) is 0 Å². The Morgan fingerprint density at radius 2 is 1.55 bits per heavy atom. The lowest BCUT2D eigenvalue weighted by Gasteiger charge is -2.09. The van der Waals surface area contributed by atoms with Crippen LogP contribution in [0.2, 0.25) is 0 Å². The highest BCUT2D eigenvalue weighted by molar-refractivity contribution is 7.20. The Hall–Kier alpha value is -3.49. The molecule has 0 aliphatic carbocycles. The van der Waals surface area contributed by atoms with Crippen LogP contribution in [-0.2, 0) is 36.5 Å². The van der Waals surface area contributed by atoms with Gasteiger partial charge in [0.05, 0.1) is 12.0 Å². The van der Waals surface area contributed by atoms with Crippen LogP contribution in [0.5, 0.6) is 0 Å². The molecule has 158 valence electrons. The number of rotatable bonds is 7. The summed E-state index contributed by atoms with van der Waals surface area (Å²) in [6.45, 7) is 0.222. The summed E-state index contributed by atoms with van der Waals surface area (Å²) in [4.78, 5) is 38.7. The van der Waals surface area contributed by atoms with E-state index >= 15 is 0 Å². The molecule has 0 aliphatic rings. The van der Waals surface area contributed by atoms with E-state index < -0.39 is 17.2 Å². The molecule has 0 saturated heterocycles. The molecule has 7 nitrogen and oxygen atoms in total. The Balaban J connectivity index is 1.55. The second-order valence-corrected chi connectivity index (χ2v) is 7.96. The van der Waals surface area contributed by atoms with Crippen LogP contribution in [0.1, 0.15) is 20.8 Å². The first-order chi connectivity index (χ1) is 15.0. The molecule has 31 heavy (non-hydrogen) atoms. The number of esters is 1. The number of carbonyl (C=O) groups excluding carboxylic acids is 1. The molecule has 0 N–H and O–H groups in total. The molecule has 2 heterocycles. The number of aryl methyl sites for hydroxylation is 1. The quantitative estimate of drug-likeness (QED) is 0.416. The molecule has 4 aromatic rings. The van der Waals surface area contributed by atoms with E-state index in [-0.39, 0.29) is 30.2 Å². The molecule has 0 unspecified atom stereocenters. The fourth-order valence-corrected chi connectivity index (χ4v) is 4.12. The fourth-order valence-electron chi connectivity index (χ4n) is 3.12. The molecule has 4 rings (SSSR count). The van der Waals surface area contributed by atoms with Gasteiger partial charge < -0.3 is 9.47 Å². The predicted octanol–water partition coefficient (Wildman–Crippen LogP) is 3.29. The summed E-state index contributed by atoms with van der Waals surface area (Å²) in [6, 6.07) is 20.3. The van der Waals surface area contributed by atoms with E-state index in [1.165, 1.54) is 10.6 Å². The highest BCUT2D eigenvalue weighted by atomic mass is 32.1. The molecule has 0 amide bonds. The summed E-state index contributed by atoms with van der Waals surface area (Å²) in [5, 5.41) is 0.280. The van der Waals surface area contributed by atoms with Crippen LogP contribution in [0.25, 0.3) is 10.2 Å². The van der Waals surface area contributed by atoms with Gasteiger partial charge in [-0.15, -0.1) is 11.3 Å². The van der Waals surface area contributed by atoms with Crippen molar-refractivity contribution in [3.63, 3.8) is 0 Å². The average Bonchev–Trinajstić information content (AvgIpc) is 3.26. The maximum Gasteiger partial charge on any atom is 0.348 e. The molecular weight excluding hydrogens is 416 g/mol. The number of thiophene rings is 1. The summed E-state index contributed by atoms with van der Waals surface area (Å²) in [6.07, 6.45) is 0. The third-order valence-corrected chi connectivity index (χ3v) is 5.95. The van der Waals surface area contributed by atoms with Gasteiger partial charge in [-0.1, -0.05) is 60.7 Å². The van der Waals surface area contributed by atoms with E-state index in [1.54, 1.807) is 7.05 Å². The summed E-state index contributed by atoms with van der Waals surface area (Å²) >= 11 is 1.06. The van der Waals surface area contributed by atoms with Gasteiger partial charge in [0.25, 0.3) is 5.56 Å². The third kappa shape index (κ3) is 4.50. The van der Waals surface area contributed by atoms with E-state index in [0.29, 0.717) is 4.83 Å². The van der Waals surface area contributed by atoms with Crippen molar-refractivity contribution in [2.24, 2.45) is 7.05 Å². The Morgan fingerprint density at radius 3 is 2.19 bits per heavy atom. The largest absolute Gasteiger partial charge is 0.457 e. The highest BCUT2D eigenvalue weighted by Crippen LogP contribution is 2.23. The van der Waals surface area contributed by atoms with Crippen LogP contribution in [0.3, 0.4) is 0 Å². The number of nitrogens with zero attached hydrogens (tertiary/aromatic N) is 2. The molecule has 0 radical (unpaired) electrons. The minimum Gasteiger partial charge on any atom is -0.457 e. The summed E-state index contributed by atoms with van der Waals surface area (Å²) in [7, 11) is 1.56. The predicted molar refractivity (Wildman–Crippen MR) is 118 cm³/mol. The number of aromatic nitrogens is 2. The Kier molecular flexibility index (Phi) is 6.11. The molecule has 0 atom stereocenters. The highest BCUT2D eigenvalue weighted by Gasteiger charge is 2.18. The standard InChI is InChI=1S/C23H20N2O5S/c1-24-21-18(12-19(31-21)22(27)30-14-17-10-6-3-7-11-17)20(26)25(23(24)28)15-29-13-16-8-4-2-5-9-16/h2-12H,13-15H2,1H3. The first-order valence-electron chi connectivity index (χ1n) is 9.60. The van der Waals surface area contributed by atoms with Crippen molar-refractivity contribution >= 4 is 27.5 Å². The lowest BCUT2D eigenvalue weighted by molar-refractivity contribution is 0.0478. The van der Waals surface area contributed by atoms with Crippen LogP contribution >= 0.6 is 11.3 Å². The normalized spacial score (nSPS) is 11.0. The van der Waals surface area contributed by atoms with E-state index in [1.807, 2.05) is 60.7 Å². The van der Waals surface area contributed by atoms with Gasteiger partial charge in [0, 0.05) is 7.05 Å². The molecule has 8 heteroatoms. The second-order valence-electron chi connectivity index (χ2n) is 6.93. The maximum atomic E-state index is 12.9. The van der Waals surface area contributed by atoms with Gasteiger partial charge >= 0.3 is 11.7 Å². The van der Waals surface area contributed by atoms with Crippen molar-refractivity contribution < 1.29 is 14.3 Å². The molecule has 0 aliphatic heterocycles. The summed E-state index contributed by atoms with van der Waals surface area (Å²) in [5.74, 6) is -0.538. The van der Waals surface area contributed by atoms with E-state index in [9.17, 15) is 14.4 Å². The number of ether oxygens (including phenoxy) is 2. The third-order valence-electron chi connectivity index (χ3n) is 4.76. The van der Waals surface area contributed by atoms with Crippen LogP contribution in [0.15, 0.2) is 76.3 Å². The number of fused-ring (bicyclic) bond motifs is 1. The van der Waals surface area contributed by atoms with E-state index in [0.717, 1.165) is 27.0 Å². The molecule has 0 saturated carbocycles. The Labute approximate surface area is 181 Å². The number of carbonyl (C=O) groups is 1. The minimum atomic E-state index is -0.538. The fraction of sp³-hybridized carbons (Fsp3) is 0.174. The number of hydrogen-bond donors (Lipinski definition) is 0. The van der Waals surface area contributed by atoms with Crippen LogP contribution in [-0.4, -0.2) is 15.1 Å². The smallest absolute Gasteiger partial charge is 0.348 e. The second kappa shape index (κ2) is 9.11. The zero-order valence-corrected chi connectivity index (χ0v) is 17.6. The molecule has 2 aromatic carbocycles. The maximum absolute atomic E-state index is 12.9. The molecule has 0 fully saturated rings. The van der Waals surface area contributed by atoms with Crippen LogP contribution < -0.4 is 11.2 Å². The van der Waals surface area contributed by atoms with Gasteiger partial charge in [0.1, 0.15) is 23.0 Å². The van der Waals surface area contributed by atoms with Crippen molar-refractivity contribution in [1.29, 1.82) is 0 Å². The van der Waals surface area contributed by atoms with Gasteiger partial charge in [0.15, 0.2) is 0 Å². The SMILES string of the molecule is Cn1c(=O)n(COCc2ccccc2)c(=O)c2cc(C(=O)OCc3ccccc3)sc21. The van der Waals surface area contributed by atoms with Crippen LogP contribution in [0, 0.1) is 0 Å². The summed E-state index contributed by atoms with van der Waals surface area (Å²) in [5.41, 5.74) is 0.802. The molecule has 0 bridgehead atoms. The van der Waals surface area contributed by atoms with Gasteiger partial charge in [0.2, 0.25) is 0 Å². The van der Waals surface area contributed by atoms with Gasteiger partial charge in [-0.3, -0.25) is 9.36 Å². The Bertz CT molecular complexity index is 1320. The van der Waals surface area contributed by atoms with Gasteiger partial charge in [-0.05, 0) is 17.2 Å². The summed E-state index contributed by atoms with van der Waals surface area (Å²) < 4.78 is 13.3. The minimum absolute atomic E-state index is 0.129. The van der Waals surface area contributed by atoms with Crippen molar-refractivity contribution in [3.05, 3.63) is 104 Å². The number of hydrogen-bond acceptors (Lipinski definition) is 6. The lowest BCUT2D eigenvalue weighted by atomic mass is 10.2. The van der Waals surface area contributed by atoms with Crippen molar-refractivity contribution in [3.8, 4) is 0 Å². The van der Waals surface area contributed by atoms with E-state index in [4.69, 9.17) is 9.47 Å². The monoisotopic (exact) mass is 436 g/mol. The van der Waals surface area contributed by atoms with Gasteiger partial charge in [-0.25, -0.2) is 14.2 Å².